The summed E-state index contributed by atoms with van der Waals surface area (Å²) in [5, 5.41) is 9.38. The summed E-state index contributed by atoms with van der Waals surface area (Å²) < 4.78 is 11.4. The van der Waals surface area contributed by atoms with Crippen molar-refractivity contribution in [3.63, 3.8) is 0 Å². The Morgan fingerprint density at radius 3 is 1.13 bits per heavy atom. The van der Waals surface area contributed by atoms with Crippen LogP contribution in [-0.4, -0.2) is 53.1 Å². The molecule has 7 rings (SSSR count). The molecule has 38 heavy (non-hydrogen) atoms. The normalized spacial score (nSPS) is 23.7. The van der Waals surface area contributed by atoms with Crippen LogP contribution in [0.25, 0.3) is 0 Å². The van der Waals surface area contributed by atoms with Crippen molar-refractivity contribution < 1.29 is 19.5 Å². The van der Waals surface area contributed by atoms with E-state index in [1.807, 2.05) is 0 Å². The summed E-state index contributed by atoms with van der Waals surface area (Å²) in [5.41, 5.74) is 0. The molecule has 2 bridgehead atoms. The minimum absolute atomic E-state index is 0.136. The molecule has 4 aromatic carbocycles. The second kappa shape index (κ2) is 10.5. The molecule has 2 unspecified atom stereocenters. The minimum atomic E-state index is -3.17. The molecule has 3 fully saturated rings. The van der Waals surface area contributed by atoms with Gasteiger partial charge in [0.05, 0.1) is 24.0 Å². The fraction of sp³-hybridized carbons (Fsp3) is 0.188. The summed E-state index contributed by atoms with van der Waals surface area (Å²) in [4.78, 5) is 22.7. The van der Waals surface area contributed by atoms with E-state index >= 15 is 0 Å². The van der Waals surface area contributed by atoms with E-state index in [4.69, 9.17) is 9.94 Å². The molecule has 3 heterocycles. The average molecular weight is 613 g/mol. The molecule has 5 nitrogen and oxygen atoms in total. The van der Waals surface area contributed by atoms with Gasteiger partial charge in [-0.25, -0.2) is 0 Å². The number of hydrogen-bond acceptors (Lipinski definition) is 4. The van der Waals surface area contributed by atoms with Crippen molar-refractivity contribution in [2.24, 2.45) is 11.8 Å². The Bertz CT molecular complexity index is 1220. The number of fused-ring (bicyclic) bond motifs is 5. The van der Waals surface area contributed by atoms with E-state index in [1.54, 1.807) is 0 Å². The van der Waals surface area contributed by atoms with Crippen LogP contribution in [0.3, 0.4) is 0 Å². The second-order valence-electron chi connectivity index (χ2n) is 9.84. The molecule has 0 aromatic heterocycles. The van der Waals surface area contributed by atoms with E-state index in [0.29, 0.717) is 0 Å². The van der Waals surface area contributed by atoms with Crippen LogP contribution in [0.5, 0.6) is 0 Å². The van der Waals surface area contributed by atoms with Gasteiger partial charge < -0.3 is 4.74 Å². The fourth-order valence-corrected chi connectivity index (χ4v) is 18.4. The molecule has 0 aliphatic carbocycles. The van der Waals surface area contributed by atoms with E-state index < -0.39 is 42.5 Å². The first-order valence-corrected chi connectivity index (χ1v) is 18.1. The number of hydrogen-bond donors (Lipinski definition) is 1. The van der Waals surface area contributed by atoms with E-state index in [9.17, 15) is 9.59 Å². The van der Waals surface area contributed by atoms with Crippen molar-refractivity contribution in [1.29, 1.82) is 0 Å². The molecule has 6 heteroatoms. The molecule has 3 aliphatic rings. The first kappa shape index (κ1) is 25.1. The van der Waals surface area contributed by atoms with Crippen molar-refractivity contribution >= 4 is 44.7 Å². The Labute approximate surface area is 226 Å². The zero-order valence-electron chi connectivity index (χ0n) is 20.8. The van der Waals surface area contributed by atoms with Gasteiger partial charge in [0.1, 0.15) is 0 Å². The summed E-state index contributed by atoms with van der Waals surface area (Å²) >= 11 is -3.17. The maximum atomic E-state index is 11.4. The zero-order valence-corrected chi connectivity index (χ0v) is 23.4. The third-order valence-electron chi connectivity index (χ3n) is 7.84. The van der Waals surface area contributed by atoms with Gasteiger partial charge in [-0.1, -0.05) is 0 Å². The van der Waals surface area contributed by atoms with Crippen LogP contribution in [0.2, 0.25) is 0 Å². The standard InChI is InChI=1S/C8H9NO4.4C6H5.Sb/c10-7-5-3-1-2-4(13-3)6(5)8(11)9(7)12;4*1-2-4-6-5-3-1;/h3-6,12H,1-2H2;4*1-5H;/t3-,4+,5?,6?;;;;;. The predicted molar refractivity (Wildman–Crippen MR) is 149 cm³/mol. The van der Waals surface area contributed by atoms with Gasteiger partial charge in [0.15, 0.2) is 0 Å². The molecule has 2 amide bonds. The van der Waals surface area contributed by atoms with Crippen molar-refractivity contribution in [3.05, 3.63) is 121 Å². The number of imide groups is 1. The van der Waals surface area contributed by atoms with Crippen LogP contribution in [0.4, 0.5) is 0 Å². The molecular formula is C32H29NO4Sb. The number of hydroxylamine groups is 2. The molecule has 3 saturated heterocycles. The van der Waals surface area contributed by atoms with E-state index in [0.717, 1.165) is 12.8 Å². The van der Waals surface area contributed by atoms with E-state index in [2.05, 4.69) is 121 Å². The Morgan fingerprint density at radius 1 is 0.553 bits per heavy atom. The monoisotopic (exact) mass is 612 g/mol. The molecule has 1 N–H and O–H groups in total. The average Bonchev–Trinajstić information content (AvgIpc) is 3.67. The summed E-state index contributed by atoms with van der Waals surface area (Å²) in [6, 6.07) is 44.4. The Hall–Kier alpha value is -3.24. The molecule has 0 saturated carbocycles. The van der Waals surface area contributed by atoms with Crippen LogP contribution in [0, 0.1) is 11.8 Å². The fourth-order valence-electron chi connectivity index (χ4n) is 6.20. The Balaban J connectivity index is 0.000000169. The number of amides is 2. The number of nitrogens with zero attached hydrogens (tertiary/aromatic N) is 1. The molecule has 4 atom stereocenters. The number of benzene rings is 4. The number of carbonyl (C=O) groups is 2. The van der Waals surface area contributed by atoms with Crippen molar-refractivity contribution in [3.8, 4) is 0 Å². The van der Waals surface area contributed by atoms with Crippen LogP contribution < -0.4 is 14.0 Å². The maximum absolute atomic E-state index is 11.4. The van der Waals surface area contributed by atoms with Crippen molar-refractivity contribution in [2.45, 2.75) is 25.0 Å². The quantitative estimate of drug-likeness (QED) is 0.219. The van der Waals surface area contributed by atoms with Gasteiger partial charge in [-0.2, -0.15) is 5.06 Å². The molecule has 4 aromatic rings. The summed E-state index contributed by atoms with van der Waals surface area (Å²) in [6.45, 7) is 0. The molecular weight excluding hydrogens is 584 g/mol. The van der Waals surface area contributed by atoms with Gasteiger partial charge in [0.25, 0.3) is 11.8 Å². The van der Waals surface area contributed by atoms with Crippen LogP contribution in [0.1, 0.15) is 12.8 Å². The zero-order chi connectivity index (χ0) is 26.1. The third-order valence-corrected chi connectivity index (χ3v) is 20.1. The third kappa shape index (κ3) is 4.10. The van der Waals surface area contributed by atoms with Gasteiger partial charge in [0, 0.05) is 0 Å². The molecule has 1 radical (unpaired) electrons. The summed E-state index contributed by atoms with van der Waals surface area (Å²) in [5.74, 6) is -1.78. The number of rotatable bonds is 4. The predicted octanol–water partition coefficient (Wildman–Crippen LogP) is 2.60. The molecule has 191 valence electrons. The van der Waals surface area contributed by atoms with Crippen LogP contribution in [0.15, 0.2) is 121 Å². The first-order valence-electron chi connectivity index (χ1n) is 13.0. The van der Waals surface area contributed by atoms with Gasteiger partial charge in [-0.05, 0) is 12.8 Å². The summed E-state index contributed by atoms with van der Waals surface area (Å²) in [7, 11) is 0. The van der Waals surface area contributed by atoms with Gasteiger partial charge in [0.2, 0.25) is 0 Å². The van der Waals surface area contributed by atoms with Crippen LogP contribution >= 0.6 is 0 Å². The van der Waals surface area contributed by atoms with E-state index in [-0.39, 0.29) is 17.3 Å². The SMILES string of the molecule is O=C1C2C(C(=O)N1O)[C@H]1CC[C@@H]2O1.c1cc[c]([Sb]([c]2ccccc2)([c]2ccccc2)[c]2ccccc2)cc1. The number of carbonyl (C=O) groups excluding carboxylic acids is 2. The summed E-state index contributed by atoms with van der Waals surface area (Å²) in [6.07, 6.45) is 1.39. The van der Waals surface area contributed by atoms with Gasteiger partial charge in [-0.15, -0.1) is 0 Å². The molecule has 3 aliphatic heterocycles. The second-order valence-corrected chi connectivity index (χ2v) is 19.6. The number of ether oxygens (including phenoxy) is 1. The van der Waals surface area contributed by atoms with Crippen molar-refractivity contribution in [1.82, 2.24) is 5.06 Å². The van der Waals surface area contributed by atoms with E-state index in [1.165, 1.54) is 14.0 Å². The Morgan fingerprint density at radius 2 is 0.842 bits per heavy atom. The Kier molecular flexibility index (Phi) is 6.92. The first-order chi connectivity index (χ1) is 18.6. The van der Waals surface area contributed by atoms with Gasteiger partial charge >= 0.3 is 154 Å². The van der Waals surface area contributed by atoms with Crippen molar-refractivity contribution in [2.75, 3.05) is 0 Å². The topological polar surface area (TPSA) is 66.8 Å². The molecule has 0 spiro atoms. The van der Waals surface area contributed by atoms with Crippen LogP contribution in [-0.2, 0) is 14.3 Å². The van der Waals surface area contributed by atoms with Gasteiger partial charge in [-0.3, -0.25) is 14.8 Å².